The summed E-state index contributed by atoms with van der Waals surface area (Å²) in [6.45, 7) is 3.47. The van der Waals surface area contributed by atoms with Crippen molar-refractivity contribution in [1.82, 2.24) is 9.97 Å². The topological polar surface area (TPSA) is 49.8 Å². The molecular weight excluding hydrogens is 320 g/mol. The largest absolute Gasteiger partial charge is 0.366 e. The quantitative estimate of drug-likeness (QED) is 0.686. The average molecular weight is 339 g/mol. The first kappa shape index (κ1) is 16.3. The molecule has 0 bridgehead atoms. The molecule has 122 valence electrons. The van der Waals surface area contributed by atoms with Crippen molar-refractivity contribution in [1.29, 1.82) is 0 Å². The monoisotopic (exact) mass is 338 g/mol. The first-order valence-electron chi connectivity index (χ1n) is 7.80. The fraction of sp³-hybridized carbons (Fsp3) is 0.158. The number of hydrogen-bond acceptors (Lipinski definition) is 4. The van der Waals surface area contributed by atoms with Crippen LogP contribution in [0, 0.1) is 6.92 Å². The maximum absolute atomic E-state index is 5.89. The molecule has 0 saturated carbocycles. The van der Waals surface area contributed by atoms with Crippen molar-refractivity contribution in [2.24, 2.45) is 0 Å². The van der Waals surface area contributed by atoms with E-state index in [9.17, 15) is 0 Å². The Hall–Kier alpha value is -2.59. The molecule has 0 fully saturated rings. The molecule has 24 heavy (non-hydrogen) atoms. The van der Waals surface area contributed by atoms with Crippen molar-refractivity contribution < 1.29 is 0 Å². The van der Waals surface area contributed by atoms with Gasteiger partial charge < -0.3 is 10.6 Å². The maximum atomic E-state index is 5.89. The Morgan fingerprint density at radius 2 is 1.71 bits per heavy atom. The van der Waals surface area contributed by atoms with Crippen LogP contribution in [0.5, 0.6) is 0 Å². The lowest BCUT2D eigenvalue weighted by molar-refractivity contribution is 1.03. The van der Waals surface area contributed by atoms with E-state index in [1.165, 1.54) is 11.1 Å². The highest BCUT2D eigenvalue weighted by Crippen LogP contribution is 2.12. The third-order valence-electron chi connectivity index (χ3n) is 3.58. The van der Waals surface area contributed by atoms with E-state index in [1.54, 1.807) is 6.20 Å². The summed E-state index contributed by atoms with van der Waals surface area (Å²) in [7, 11) is 0. The maximum Gasteiger partial charge on any atom is 0.224 e. The molecule has 1 heterocycles. The molecule has 0 amide bonds. The predicted octanol–water partition coefficient (Wildman–Crippen LogP) is 4.66. The molecule has 2 N–H and O–H groups in total. The summed E-state index contributed by atoms with van der Waals surface area (Å²) < 4.78 is 0. The van der Waals surface area contributed by atoms with Gasteiger partial charge in [-0.3, -0.25) is 0 Å². The van der Waals surface area contributed by atoms with Gasteiger partial charge in [0.05, 0.1) is 0 Å². The van der Waals surface area contributed by atoms with Crippen molar-refractivity contribution in [3.63, 3.8) is 0 Å². The molecular formula is C19H19ClN4. The van der Waals surface area contributed by atoms with Crippen molar-refractivity contribution in [3.05, 3.63) is 82.5 Å². The molecule has 0 radical (unpaired) electrons. The SMILES string of the molecule is Cc1cccc(CNc2ccnc(NCc3ccc(Cl)cc3)n2)c1. The second kappa shape index (κ2) is 7.79. The van der Waals surface area contributed by atoms with Gasteiger partial charge in [0.1, 0.15) is 5.82 Å². The normalized spacial score (nSPS) is 10.4. The van der Waals surface area contributed by atoms with E-state index in [1.807, 2.05) is 30.3 Å². The molecule has 1 aromatic heterocycles. The smallest absolute Gasteiger partial charge is 0.224 e. The third-order valence-corrected chi connectivity index (χ3v) is 3.83. The lowest BCUT2D eigenvalue weighted by Gasteiger charge is -2.09. The highest BCUT2D eigenvalue weighted by Gasteiger charge is 2.00. The van der Waals surface area contributed by atoms with Gasteiger partial charge >= 0.3 is 0 Å². The fourth-order valence-electron chi connectivity index (χ4n) is 2.34. The lowest BCUT2D eigenvalue weighted by atomic mass is 10.1. The second-order valence-corrected chi connectivity index (χ2v) is 6.02. The summed E-state index contributed by atoms with van der Waals surface area (Å²) in [5.41, 5.74) is 3.60. The van der Waals surface area contributed by atoms with Crippen LogP contribution < -0.4 is 10.6 Å². The van der Waals surface area contributed by atoms with Gasteiger partial charge in [-0.2, -0.15) is 4.98 Å². The third kappa shape index (κ3) is 4.70. The van der Waals surface area contributed by atoms with Gasteiger partial charge in [0.25, 0.3) is 0 Å². The van der Waals surface area contributed by atoms with Gasteiger partial charge in [-0.15, -0.1) is 0 Å². The number of hydrogen-bond donors (Lipinski definition) is 2. The van der Waals surface area contributed by atoms with Gasteiger partial charge in [0, 0.05) is 24.3 Å². The number of aryl methyl sites for hydroxylation is 1. The number of nitrogens with zero attached hydrogens (tertiary/aromatic N) is 2. The molecule has 5 heteroatoms. The highest BCUT2D eigenvalue weighted by atomic mass is 35.5. The van der Waals surface area contributed by atoms with Crippen LogP contribution in [0.3, 0.4) is 0 Å². The van der Waals surface area contributed by atoms with E-state index in [2.05, 4.69) is 51.8 Å². The molecule has 3 aromatic rings. The predicted molar refractivity (Wildman–Crippen MR) is 99.3 cm³/mol. The van der Waals surface area contributed by atoms with Crippen LogP contribution in [-0.2, 0) is 13.1 Å². The molecule has 0 saturated heterocycles. The Bertz CT molecular complexity index is 802. The van der Waals surface area contributed by atoms with E-state index in [0.29, 0.717) is 12.5 Å². The van der Waals surface area contributed by atoms with Crippen LogP contribution in [0.25, 0.3) is 0 Å². The van der Waals surface area contributed by atoms with Crippen LogP contribution in [-0.4, -0.2) is 9.97 Å². The fourth-order valence-corrected chi connectivity index (χ4v) is 2.47. The van der Waals surface area contributed by atoms with E-state index < -0.39 is 0 Å². The first-order chi connectivity index (χ1) is 11.7. The average Bonchev–Trinajstić information content (AvgIpc) is 2.60. The zero-order valence-electron chi connectivity index (χ0n) is 13.5. The zero-order chi connectivity index (χ0) is 16.8. The standard InChI is InChI=1S/C19H19ClN4/c1-14-3-2-4-16(11-14)13-22-18-9-10-21-19(24-18)23-12-15-5-7-17(20)8-6-15/h2-11H,12-13H2,1H3,(H2,21,22,23,24). The zero-order valence-corrected chi connectivity index (χ0v) is 14.2. The molecule has 0 aliphatic rings. The van der Waals surface area contributed by atoms with E-state index >= 15 is 0 Å². The molecule has 3 rings (SSSR count). The van der Waals surface area contributed by atoms with E-state index in [0.717, 1.165) is 22.9 Å². The number of halogens is 1. The molecule has 0 spiro atoms. The minimum atomic E-state index is 0.596. The van der Waals surface area contributed by atoms with Crippen LogP contribution in [0.2, 0.25) is 5.02 Å². The number of anilines is 2. The number of nitrogens with one attached hydrogen (secondary N) is 2. The molecule has 0 aliphatic carbocycles. The highest BCUT2D eigenvalue weighted by molar-refractivity contribution is 6.30. The van der Waals surface area contributed by atoms with Crippen LogP contribution in [0.15, 0.2) is 60.8 Å². The minimum Gasteiger partial charge on any atom is -0.366 e. The van der Waals surface area contributed by atoms with Crippen molar-refractivity contribution >= 4 is 23.4 Å². The Balaban J connectivity index is 1.58. The molecule has 0 unspecified atom stereocenters. The van der Waals surface area contributed by atoms with Crippen molar-refractivity contribution in [2.45, 2.75) is 20.0 Å². The van der Waals surface area contributed by atoms with Crippen LogP contribution in [0.1, 0.15) is 16.7 Å². The summed E-state index contributed by atoms with van der Waals surface area (Å²) in [6.07, 6.45) is 1.75. The van der Waals surface area contributed by atoms with Crippen LogP contribution >= 0.6 is 11.6 Å². The van der Waals surface area contributed by atoms with Gasteiger partial charge in [-0.25, -0.2) is 4.98 Å². The second-order valence-electron chi connectivity index (χ2n) is 5.59. The lowest BCUT2D eigenvalue weighted by Crippen LogP contribution is -2.06. The minimum absolute atomic E-state index is 0.596. The molecule has 0 aliphatic heterocycles. The summed E-state index contributed by atoms with van der Waals surface area (Å²) in [5, 5.41) is 7.28. The van der Waals surface area contributed by atoms with Crippen molar-refractivity contribution in [3.8, 4) is 0 Å². The molecule has 0 atom stereocenters. The Labute approximate surface area is 146 Å². The first-order valence-corrected chi connectivity index (χ1v) is 8.17. The summed E-state index contributed by atoms with van der Waals surface area (Å²) in [6, 6.07) is 18.0. The van der Waals surface area contributed by atoms with Crippen LogP contribution in [0.4, 0.5) is 11.8 Å². The summed E-state index contributed by atoms with van der Waals surface area (Å²) in [5.74, 6) is 1.39. The number of rotatable bonds is 6. The number of benzene rings is 2. The summed E-state index contributed by atoms with van der Waals surface area (Å²) in [4.78, 5) is 8.74. The Kier molecular flexibility index (Phi) is 5.29. The van der Waals surface area contributed by atoms with Gasteiger partial charge in [-0.05, 0) is 36.2 Å². The van der Waals surface area contributed by atoms with Gasteiger partial charge in [0.15, 0.2) is 0 Å². The Morgan fingerprint density at radius 1 is 0.917 bits per heavy atom. The Morgan fingerprint density at radius 3 is 2.50 bits per heavy atom. The molecule has 4 nitrogen and oxygen atoms in total. The van der Waals surface area contributed by atoms with E-state index in [4.69, 9.17) is 11.6 Å². The van der Waals surface area contributed by atoms with Gasteiger partial charge in [0.2, 0.25) is 5.95 Å². The number of aromatic nitrogens is 2. The van der Waals surface area contributed by atoms with Crippen molar-refractivity contribution in [2.75, 3.05) is 10.6 Å². The van der Waals surface area contributed by atoms with Gasteiger partial charge in [-0.1, -0.05) is 53.6 Å². The summed E-state index contributed by atoms with van der Waals surface area (Å²) >= 11 is 5.89. The van der Waals surface area contributed by atoms with E-state index in [-0.39, 0.29) is 0 Å². The molecule has 2 aromatic carbocycles.